The first kappa shape index (κ1) is 12.6. The zero-order valence-electron chi connectivity index (χ0n) is 10.1. The second kappa shape index (κ2) is 4.77. The van der Waals surface area contributed by atoms with E-state index in [1.165, 1.54) is 0 Å². The summed E-state index contributed by atoms with van der Waals surface area (Å²) in [5.41, 5.74) is 1.44. The van der Waals surface area contributed by atoms with Crippen LogP contribution in [-0.4, -0.2) is 34.3 Å². The van der Waals surface area contributed by atoms with E-state index in [-0.39, 0.29) is 5.88 Å². The maximum atomic E-state index is 11.8. The SMILES string of the molecule is Cc1noc(NC(=O)[C@@H]2CC[C@H](C(=O)O)O2)c1C. The molecule has 1 aromatic rings. The van der Waals surface area contributed by atoms with Crippen LogP contribution in [0.25, 0.3) is 0 Å². The fourth-order valence-electron chi connectivity index (χ4n) is 1.74. The number of carbonyl (C=O) groups excluding carboxylic acids is 1. The molecule has 7 heteroatoms. The van der Waals surface area contributed by atoms with Crippen molar-refractivity contribution in [2.24, 2.45) is 0 Å². The van der Waals surface area contributed by atoms with Crippen molar-refractivity contribution < 1.29 is 24.0 Å². The Bertz CT molecular complexity index is 482. The van der Waals surface area contributed by atoms with Gasteiger partial charge in [-0.25, -0.2) is 4.79 Å². The Morgan fingerprint density at radius 2 is 2.00 bits per heavy atom. The molecule has 0 spiro atoms. The van der Waals surface area contributed by atoms with Crippen molar-refractivity contribution in [3.8, 4) is 0 Å². The van der Waals surface area contributed by atoms with Crippen molar-refractivity contribution in [3.63, 3.8) is 0 Å². The number of ether oxygens (including phenoxy) is 1. The number of nitrogens with one attached hydrogen (secondary N) is 1. The van der Waals surface area contributed by atoms with E-state index < -0.39 is 24.1 Å². The summed E-state index contributed by atoms with van der Waals surface area (Å²) < 4.78 is 10.1. The zero-order chi connectivity index (χ0) is 13.3. The van der Waals surface area contributed by atoms with Crippen LogP contribution >= 0.6 is 0 Å². The Hall–Kier alpha value is -1.89. The van der Waals surface area contributed by atoms with Gasteiger partial charge in [0.1, 0.15) is 6.10 Å². The zero-order valence-corrected chi connectivity index (χ0v) is 10.1. The fourth-order valence-corrected chi connectivity index (χ4v) is 1.74. The average Bonchev–Trinajstić information content (AvgIpc) is 2.91. The third-order valence-electron chi connectivity index (χ3n) is 2.98. The molecule has 2 heterocycles. The lowest BCUT2D eigenvalue weighted by Gasteiger charge is -2.10. The van der Waals surface area contributed by atoms with Crippen molar-refractivity contribution >= 4 is 17.8 Å². The van der Waals surface area contributed by atoms with Gasteiger partial charge in [-0.1, -0.05) is 5.16 Å². The molecule has 0 radical (unpaired) electrons. The number of anilines is 1. The Balaban J connectivity index is 1.97. The van der Waals surface area contributed by atoms with Gasteiger partial charge in [0.05, 0.1) is 5.69 Å². The lowest BCUT2D eigenvalue weighted by molar-refractivity contribution is -0.150. The highest BCUT2D eigenvalue weighted by Gasteiger charge is 2.35. The van der Waals surface area contributed by atoms with E-state index in [2.05, 4.69) is 10.5 Å². The van der Waals surface area contributed by atoms with Gasteiger partial charge in [-0.2, -0.15) is 0 Å². The highest BCUT2D eigenvalue weighted by atomic mass is 16.5. The molecule has 0 saturated carbocycles. The molecule has 1 saturated heterocycles. The number of carboxylic acids is 1. The second-order valence-corrected chi connectivity index (χ2v) is 4.24. The van der Waals surface area contributed by atoms with Crippen molar-refractivity contribution in [1.82, 2.24) is 5.16 Å². The quantitative estimate of drug-likeness (QED) is 0.829. The number of amides is 1. The highest BCUT2D eigenvalue weighted by Crippen LogP contribution is 2.23. The molecular formula is C11H14N2O5. The molecule has 0 bridgehead atoms. The molecule has 2 atom stereocenters. The molecule has 2 rings (SSSR count). The van der Waals surface area contributed by atoms with Crippen molar-refractivity contribution in [1.29, 1.82) is 0 Å². The van der Waals surface area contributed by atoms with E-state index in [9.17, 15) is 9.59 Å². The van der Waals surface area contributed by atoms with Gasteiger partial charge >= 0.3 is 5.97 Å². The van der Waals surface area contributed by atoms with E-state index >= 15 is 0 Å². The monoisotopic (exact) mass is 254 g/mol. The number of rotatable bonds is 3. The Labute approximate surface area is 103 Å². The van der Waals surface area contributed by atoms with Crippen LogP contribution in [-0.2, 0) is 14.3 Å². The molecule has 1 aliphatic rings. The summed E-state index contributed by atoms with van der Waals surface area (Å²) in [7, 11) is 0. The van der Waals surface area contributed by atoms with Gasteiger partial charge < -0.3 is 14.4 Å². The molecule has 2 N–H and O–H groups in total. The lowest BCUT2D eigenvalue weighted by atomic mass is 10.2. The minimum atomic E-state index is -1.04. The van der Waals surface area contributed by atoms with Crippen LogP contribution in [0.3, 0.4) is 0 Å². The molecule has 0 aromatic carbocycles. The van der Waals surface area contributed by atoms with Crippen LogP contribution < -0.4 is 5.32 Å². The Morgan fingerprint density at radius 3 is 2.50 bits per heavy atom. The van der Waals surface area contributed by atoms with Crippen LogP contribution in [0.4, 0.5) is 5.88 Å². The van der Waals surface area contributed by atoms with Gasteiger partial charge in [-0.15, -0.1) is 0 Å². The van der Waals surface area contributed by atoms with Gasteiger partial charge in [0, 0.05) is 5.56 Å². The number of carbonyl (C=O) groups is 2. The normalized spacial score (nSPS) is 23.0. The first-order valence-electron chi connectivity index (χ1n) is 5.61. The summed E-state index contributed by atoms with van der Waals surface area (Å²) in [4.78, 5) is 22.5. The summed E-state index contributed by atoms with van der Waals surface area (Å²) in [6.07, 6.45) is -0.939. The molecule has 7 nitrogen and oxygen atoms in total. The van der Waals surface area contributed by atoms with Crippen LogP contribution in [0.15, 0.2) is 4.52 Å². The molecule has 1 fully saturated rings. The van der Waals surface area contributed by atoms with Crippen LogP contribution in [0.5, 0.6) is 0 Å². The number of aryl methyl sites for hydroxylation is 1. The minimum absolute atomic E-state index is 0.278. The van der Waals surface area contributed by atoms with E-state index in [4.69, 9.17) is 14.4 Å². The molecule has 1 aliphatic heterocycles. The van der Waals surface area contributed by atoms with Gasteiger partial charge in [0.2, 0.25) is 5.88 Å². The number of nitrogens with zero attached hydrogens (tertiary/aromatic N) is 1. The first-order valence-corrected chi connectivity index (χ1v) is 5.61. The second-order valence-electron chi connectivity index (χ2n) is 4.24. The Kier molecular flexibility index (Phi) is 3.33. The van der Waals surface area contributed by atoms with Gasteiger partial charge in [0.25, 0.3) is 5.91 Å². The maximum Gasteiger partial charge on any atom is 0.332 e. The first-order chi connectivity index (χ1) is 8.49. The molecule has 1 aromatic heterocycles. The largest absolute Gasteiger partial charge is 0.479 e. The third-order valence-corrected chi connectivity index (χ3v) is 2.98. The predicted molar refractivity (Wildman–Crippen MR) is 60.1 cm³/mol. The van der Waals surface area contributed by atoms with Crippen molar-refractivity contribution in [2.45, 2.75) is 38.9 Å². The van der Waals surface area contributed by atoms with Gasteiger partial charge in [-0.05, 0) is 26.7 Å². The third kappa shape index (κ3) is 2.35. The average molecular weight is 254 g/mol. The van der Waals surface area contributed by atoms with E-state index in [1.807, 2.05) is 0 Å². The Morgan fingerprint density at radius 1 is 1.33 bits per heavy atom. The smallest absolute Gasteiger partial charge is 0.332 e. The molecule has 1 amide bonds. The maximum absolute atomic E-state index is 11.8. The number of aliphatic carboxylic acids is 1. The molecule has 18 heavy (non-hydrogen) atoms. The van der Waals surface area contributed by atoms with Crippen molar-refractivity contribution in [2.75, 3.05) is 5.32 Å². The number of carboxylic acid groups (broad SMARTS) is 1. The van der Waals surface area contributed by atoms with Crippen LogP contribution in [0.1, 0.15) is 24.1 Å². The topological polar surface area (TPSA) is 102 Å². The molecular weight excluding hydrogens is 240 g/mol. The standard InChI is InChI=1S/C11H14N2O5/c1-5-6(2)13-18-10(5)12-9(14)7-3-4-8(17-7)11(15)16/h7-8H,3-4H2,1-2H3,(H,12,14)(H,15,16)/t7-,8+/m0/s1. The fraction of sp³-hybridized carbons (Fsp3) is 0.545. The lowest BCUT2D eigenvalue weighted by Crippen LogP contribution is -2.30. The molecule has 98 valence electrons. The molecule has 0 aliphatic carbocycles. The summed E-state index contributed by atoms with van der Waals surface area (Å²) in [5.74, 6) is -1.17. The van der Waals surface area contributed by atoms with Crippen LogP contribution in [0.2, 0.25) is 0 Å². The van der Waals surface area contributed by atoms with E-state index in [0.717, 1.165) is 5.56 Å². The van der Waals surface area contributed by atoms with Crippen molar-refractivity contribution in [3.05, 3.63) is 11.3 Å². The minimum Gasteiger partial charge on any atom is -0.479 e. The summed E-state index contributed by atoms with van der Waals surface area (Å²) in [5, 5.41) is 15.0. The summed E-state index contributed by atoms with van der Waals surface area (Å²) in [6, 6.07) is 0. The highest BCUT2D eigenvalue weighted by molar-refractivity contribution is 5.94. The number of hydrogen-bond acceptors (Lipinski definition) is 5. The van der Waals surface area contributed by atoms with Gasteiger partial charge in [0.15, 0.2) is 6.10 Å². The predicted octanol–water partition coefficient (Wildman–Crippen LogP) is 0.862. The number of aromatic nitrogens is 1. The van der Waals surface area contributed by atoms with E-state index in [1.54, 1.807) is 13.8 Å². The van der Waals surface area contributed by atoms with E-state index in [0.29, 0.717) is 18.5 Å². The summed E-state index contributed by atoms with van der Waals surface area (Å²) >= 11 is 0. The molecule has 0 unspecified atom stereocenters. The van der Waals surface area contributed by atoms with Gasteiger partial charge in [-0.3, -0.25) is 10.1 Å². The summed E-state index contributed by atoms with van der Waals surface area (Å²) in [6.45, 7) is 3.54. The van der Waals surface area contributed by atoms with Crippen LogP contribution in [0, 0.1) is 13.8 Å². The number of hydrogen-bond donors (Lipinski definition) is 2.